The van der Waals surface area contributed by atoms with Gasteiger partial charge in [-0.25, -0.2) is 0 Å². The molecule has 1 unspecified atom stereocenters. The molecular weight excluding hydrogens is 296 g/mol. The highest BCUT2D eigenvalue weighted by atomic mass is 35.5. The molecule has 3 N–H and O–H groups in total. The van der Waals surface area contributed by atoms with Crippen molar-refractivity contribution in [1.29, 1.82) is 0 Å². The second-order valence-corrected chi connectivity index (χ2v) is 4.15. The first-order valence-electron chi connectivity index (χ1n) is 6.52. The molecule has 0 heterocycles. The molecule has 0 aliphatic heterocycles. The average Bonchev–Trinajstić information content (AvgIpc) is 2.45. The van der Waals surface area contributed by atoms with Crippen LogP contribution in [0, 0.1) is 0 Å². The molecule has 0 spiro atoms. The molecule has 1 amide bonds. The Morgan fingerprint density at radius 1 is 1.38 bits per heavy atom. The number of ether oxygens (including phenoxy) is 3. The maximum atomic E-state index is 12.0. The number of halogens is 1. The first kappa shape index (κ1) is 19.5. The number of methoxy groups -OCH3 is 1. The van der Waals surface area contributed by atoms with Crippen LogP contribution in [0.25, 0.3) is 0 Å². The first-order valence-corrected chi connectivity index (χ1v) is 6.52. The lowest BCUT2D eigenvalue weighted by atomic mass is 10.2. The van der Waals surface area contributed by atoms with Gasteiger partial charge in [0.15, 0.2) is 0 Å². The maximum Gasteiger partial charge on any atom is 0.253 e. The molecule has 0 aliphatic carbocycles. The highest BCUT2D eigenvalue weighted by Crippen LogP contribution is 2.24. The molecule has 0 fully saturated rings. The number of nitrogens with one attached hydrogen (secondary N) is 1. The summed E-state index contributed by atoms with van der Waals surface area (Å²) in [5.74, 6) is 0.362. The fourth-order valence-corrected chi connectivity index (χ4v) is 1.51. The van der Waals surface area contributed by atoms with E-state index in [2.05, 4.69) is 5.32 Å². The minimum atomic E-state index is -0.582. The molecule has 0 aliphatic rings. The summed E-state index contributed by atoms with van der Waals surface area (Å²) >= 11 is 0. The van der Waals surface area contributed by atoms with Crippen LogP contribution in [-0.4, -0.2) is 38.9 Å². The molecule has 1 aromatic carbocycles. The van der Waals surface area contributed by atoms with E-state index in [1.54, 1.807) is 32.2 Å². The van der Waals surface area contributed by atoms with Crippen molar-refractivity contribution in [3.63, 3.8) is 0 Å². The second kappa shape index (κ2) is 10.3. The average molecular weight is 319 g/mol. The summed E-state index contributed by atoms with van der Waals surface area (Å²) in [6.07, 6.45) is -0.582. The fraction of sp³-hybridized carbons (Fsp3) is 0.500. The number of carbonyl (C=O) groups is 1. The third-order valence-electron chi connectivity index (χ3n) is 2.69. The van der Waals surface area contributed by atoms with Gasteiger partial charge in [-0.1, -0.05) is 0 Å². The predicted molar refractivity (Wildman–Crippen MR) is 85.2 cm³/mol. The van der Waals surface area contributed by atoms with Gasteiger partial charge in [0.05, 0.1) is 31.7 Å². The van der Waals surface area contributed by atoms with E-state index in [9.17, 15) is 4.79 Å². The number of nitrogens with two attached hydrogens (primary N) is 1. The summed E-state index contributed by atoms with van der Waals surface area (Å²) in [5.41, 5.74) is 6.78. The summed E-state index contributed by atoms with van der Waals surface area (Å²) in [6, 6.07) is 5.07. The van der Waals surface area contributed by atoms with Gasteiger partial charge in [0.2, 0.25) is 0 Å². The summed E-state index contributed by atoms with van der Waals surface area (Å²) in [7, 11) is 1.55. The van der Waals surface area contributed by atoms with E-state index in [1.165, 1.54) is 0 Å². The van der Waals surface area contributed by atoms with Crippen molar-refractivity contribution in [3.8, 4) is 5.75 Å². The van der Waals surface area contributed by atoms with Crippen LogP contribution in [0.5, 0.6) is 5.75 Å². The van der Waals surface area contributed by atoms with Crippen LogP contribution in [0.15, 0.2) is 18.2 Å². The van der Waals surface area contributed by atoms with Crippen molar-refractivity contribution < 1.29 is 19.0 Å². The predicted octanol–water partition coefficient (Wildman–Crippen LogP) is 2.08. The summed E-state index contributed by atoms with van der Waals surface area (Å²) in [4.78, 5) is 12.0. The number of carbonyl (C=O) groups excluding carboxylic acids is 1. The van der Waals surface area contributed by atoms with E-state index in [4.69, 9.17) is 19.9 Å². The zero-order valence-corrected chi connectivity index (χ0v) is 13.4. The molecule has 21 heavy (non-hydrogen) atoms. The van der Waals surface area contributed by atoms with E-state index in [0.717, 1.165) is 0 Å². The zero-order chi connectivity index (χ0) is 15.0. The number of benzene rings is 1. The normalized spacial score (nSPS) is 11.4. The van der Waals surface area contributed by atoms with Crippen LogP contribution < -0.4 is 15.8 Å². The lowest BCUT2D eigenvalue weighted by molar-refractivity contribution is -0.127. The Morgan fingerprint density at radius 2 is 2.10 bits per heavy atom. The number of nitrogen functional groups attached to an aromatic ring is 1. The van der Waals surface area contributed by atoms with Gasteiger partial charge in [-0.2, -0.15) is 0 Å². The molecule has 7 heteroatoms. The molecule has 6 nitrogen and oxygen atoms in total. The molecule has 120 valence electrons. The Hall–Kier alpha value is -1.50. The Labute approximate surface area is 131 Å². The standard InChI is InChI=1S/C14H22N2O4.ClH/c1-4-19-7-8-20-10(2)14(17)16-13-9-11(18-3)5-6-12(13)15;/h5-6,9-10H,4,7-8,15H2,1-3H3,(H,16,17);1H. The zero-order valence-electron chi connectivity index (χ0n) is 12.5. The molecule has 0 saturated carbocycles. The number of hydrogen-bond acceptors (Lipinski definition) is 5. The molecule has 0 bridgehead atoms. The molecule has 1 aromatic rings. The molecular formula is C14H23ClN2O4. The smallest absolute Gasteiger partial charge is 0.253 e. The first-order chi connectivity index (χ1) is 9.58. The highest BCUT2D eigenvalue weighted by molar-refractivity contribution is 5.96. The Bertz CT molecular complexity index is 443. The summed E-state index contributed by atoms with van der Waals surface area (Å²) < 4.78 is 15.6. The number of rotatable bonds is 8. The van der Waals surface area contributed by atoms with Crippen molar-refractivity contribution >= 4 is 29.7 Å². The Balaban J connectivity index is 0.00000400. The quantitative estimate of drug-likeness (QED) is 0.566. The number of anilines is 2. The van der Waals surface area contributed by atoms with Crippen LogP contribution >= 0.6 is 12.4 Å². The van der Waals surface area contributed by atoms with Gasteiger partial charge < -0.3 is 25.3 Å². The molecule has 0 saturated heterocycles. The van der Waals surface area contributed by atoms with Crippen molar-refractivity contribution in [2.75, 3.05) is 38.0 Å². The summed E-state index contributed by atoms with van der Waals surface area (Å²) in [6.45, 7) is 5.05. The van der Waals surface area contributed by atoms with E-state index in [1.807, 2.05) is 6.92 Å². The summed E-state index contributed by atoms with van der Waals surface area (Å²) in [5, 5.41) is 2.72. The van der Waals surface area contributed by atoms with Crippen LogP contribution in [0.1, 0.15) is 13.8 Å². The maximum absolute atomic E-state index is 12.0. The van der Waals surface area contributed by atoms with Gasteiger partial charge in [-0.15, -0.1) is 12.4 Å². The number of amides is 1. The second-order valence-electron chi connectivity index (χ2n) is 4.15. The van der Waals surface area contributed by atoms with E-state index >= 15 is 0 Å². The Morgan fingerprint density at radius 3 is 2.71 bits per heavy atom. The van der Waals surface area contributed by atoms with Crippen LogP contribution in [-0.2, 0) is 14.3 Å². The largest absolute Gasteiger partial charge is 0.497 e. The molecule has 1 atom stereocenters. The van der Waals surface area contributed by atoms with Crippen molar-refractivity contribution in [2.24, 2.45) is 0 Å². The third kappa shape index (κ3) is 6.66. The van der Waals surface area contributed by atoms with Crippen molar-refractivity contribution in [3.05, 3.63) is 18.2 Å². The van der Waals surface area contributed by atoms with Crippen molar-refractivity contribution in [2.45, 2.75) is 20.0 Å². The third-order valence-corrected chi connectivity index (χ3v) is 2.69. The van der Waals surface area contributed by atoms with Crippen LogP contribution in [0.4, 0.5) is 11.4 Å². The minimum Gasteiger partial charge on any atom is -0.497 e. The van der Waals surface area contributed by atoms with Crippen LogP contribution in [0.2, 0.25) is 0 Å². The highest BCUT2D eigenvalue weighted by Gasteiger charge is 2.15. The molecule has 1 rings (SSSR count). The van der Waals surface area contributed by atoms with E-state index < -0.39 is 6.10 Å². The van der Waals surface area contributed by atoms with Gasteiger partial charge >= 0.3 is 0 Å². The van der Waals surface area contributed by atoms with Crippen LogP contribution in [0.3, 0.4) is 0 Å². The van der Waals surface area contributed by atoms with E-state index in [-0.39, 0.29) is 18.3 Å². The van der Waals surface area contributed by atoms with Crippen molar-refractivity contribution in [1.82, 2.24) is 0 Å². The fourth-order valence-electron chi connectivity index (χ4n) is 1.51. The van der Waals surface area contributed by atoms with Gasteiger partial charge in [0, 0.05) is 12.7 Å². The van der Waals surface area contributed by atoms with Gasteiger partial charge in [0.25, 0.3) is 5.91 Å². The minimum absolute atomic E-state index is 0. The van der Waals surface area contributed by atoms with Gasteiger partial charge in [-0.3, -0.25) is 4.79 Å². The Kier molecular flexibility index (Phi) is 9.53. The molecule has 0 radical (unpaired) electrons. The monoisotopic (exact) mass is 318 g/mol. The SMILES string of the molecule is CCOCCOC(C)C(=O)Nc1cc(OC)ccc1N.Cl. The van der Waals surface area contributed by atoms with Gasteiger partial charge in [0.1, 0.15) is 11.9 Å². The lowest BCUT2D eigenvalue weighted by Crippen LogP contribution is -2.29. The number of hydrogen-bond donors (Lipinski definition) is 2. The topological polar surface area (TPSA) is 82.8 Å². The van der Waals surface area contributed by atoms with E-state index in [0.29, 0.717) is 36.9 Å². The lowest BCUT2D eigenvalue weighted by Gasteiger charge is -2.15. The molecule has 0 aromatic heterocycles. The van der Waals surface area contributed by atoms with Gasteiger partial charge in [-0.05, 0) is 26.0 Å².